The van der Waals surface area contributed by atoms with Crippen LogP contribution in [0.4, 0.5) is 0 Å². The van der Waals surface area contributed by atoms with E-state index in [1.165, 1.54) is 4.68 Å². The van der Waals surface area contributed by atoms with Crippen molar-refractivity contribution >= 4 is 11.9 Å². The number of aromatic nitrogens is 2. The number of hydrogen-bond donors (Lipinski definition) is 1. The van der Waals surface area contributed by atoms with Gasteiger partial charge in [-0.3, -0.25) is 14.4 Å². The molecule has 0 aliphatic heterocycles. The van der Waals surface area contributed by atoms with E-state index in [4.69, 9.17) is 9.57 Å². The predicted octanol–water partition coefficient (Wildman–Crippen LogP) is 2.18. The van der Waals surface area contributed by atoms with E-state index in [-0.39, 0.29) is 25.5 Å². The largest absolute Gasteiger partial charge is 0.465 e. The molecule has 1 heterocycles. The van der Waals surface area contributed by atoms with Gasteiger partial charge in [0.05, 0.1) is 25.3 Å². The molecule has 1 aromatic heterocycles. The molecule has 7 heteroatoms. The molecule has 0 bridgehead atoms. The van der Waals surface area contributed by atoms with Crippen LogP contribution in [0.2, 0.25) is 0 Å². The van der Waals surface area contributed by atoms with Crippen LogP contribution in [-0.4, -0.2) is 34.3 Å². The fraction of sp³-hybridized carbons (Fsp3) is 0.389. The zero-order valence-corrected chi connectivity index (χ0v) is 14.7. The molecule has 0 radical (unpaired) electrons. The van der Waals surface area contributed by atoms with Crippen LogP contribution in [0.15, 0.2) is 36.4 Å². The minimum atomic E-state index is -0.903. The number of hydroxylamine groups is 1. The molecular weight excluding hydrogens is 322 g/mol. The lowest BCUT2D eigenvalue weighted by Crippen LogP contribution is -2.41. The Morgan fingerprint density at radius 1 is 1.24 bits per heavy atom. The highest BCUT2D eigenvalue weighted by Crippen LogP contribution is 2.07. The second-order valence-electron chi connectivity index (χ2n) is 5.63. The number of benzene rings is 1. The second kappa shape index (κ2) is 9.10. The van der Waals surface area contributed by atoms with Gasteiger partial charge in [-0.15, -0.1) is 0 Å². The normalized spacial score (nSPS) is 12.0. The van der Waals surface area contributed by atoms with Gasteiger partial charge in [0.2, 0.25) is 5.91 Å². The molecular formula is C18H23N3O4. The lowest BCUT2D eigenvalue weighted by Gasteiger charge is -2.16. The van der Waals surface area contributed by atoms with Gasteiger partial charge in [0.15, 0.2) is 0 Å². The van der Waals surface area contributed by atoms with Crippen LogP contribution in [0, 0.1) is 13.8 Å². The van der Waals surface area contributed by atoms with E-state index in [0.717, 1.165) is 17.0 Å². The molecule has 0 saturated carbocycles. The lowest BCUT2D eigenvalue weighted by molar-refractivity contribution is -0.150. The molecule has 25 heavy (non-hydrogen) atoms. The Labute approximate surface area is 146 Å². The van der Waals surface area contributed by atoms with Crippen molar-refractivity contribution in [1.29, 1.82) is 0 Å². The molecule has 0 amide bonds. The van der Waals surface area contributed by atoms with Crippen LogP contribution in [-0.2, 0) is 21.0 Å². The van der Waals surface area contributed by atoms with Crippen LogP contribution in [0.25, 0.3) is 0 Å². The van der Waals surface area contributed by atoms with E-state index in [1.807, 2.05) is 30.3 Å². The molecule has 0 spiro atoms. The van der Waals surface area contributed by atoms with Crippen molar-refractivity contribution in [2.75, 3.05) is 6.61 Å². The average Bonchev–Trinajstić information content (AvgIpc) is 2.93. The summed E-state index contributed by atoms with van der Waals surface area (Å²) in [4.78, 5) is 29.9. The number of hydrogen-bond acceptors (Lipinski definition) is 6. The van der Waals surface area contributed by atoms with Crippen molar-refractivity contribution in [1.82, 2.24) is 15.3 Å². The van der Waals surface area contributed by atoms with Gasteiger partial charge in [-0.25, -0.2) is 4.68 Å². The number of rotatable bonds is 8. The van der Waals surface area contributed by atoms with E-state index in [2.05, 4.69) is 10.6 Å². The Balaban J connectivity index is 1.98. The molecule has 1 atom stereocenters. The van der Waals surface area contributed by atoms with Crippen molar-refractivity contribution < 1.29 is 19.2 Å². The maximum Gasteiger partial charge on any atom is 0.326 e. The molecule has 134 valence electrons. The summed E-state index contributed by atoms with van der Waals surface area (Å²) < 4.78 is 6.31. The highest BCUT2D eigenvalue weighted by molar-refractivity contribution is 5.86. The molecule has 1 N–H and O–H groups in total. The first-order valence-corrected chi connectivity index (χ1v) is 8.15. The molecule has 2 rings (SSSR count). The monoisotopic (exact) mass is 345 g/mol. The van der Waals surface area contributed by atoms with E-state index >= 15 is 0 Å². The molecule has 1 aromatic carbocycles. The topological polar surface area (TPSA) is 82.5 Å². The average molecular weight is 345 g/mol. The van der Waals surface area contributed by atoms with Gasteiger partial charge in [-0.2, -0.15) is 10.6 Å². The standard InChI is InChI=1S/C18H23N3O4/c1-4-24-18(23)16(20-25-12-15-8-6-5-7-9-15)11-17(22)21-14(3)10-13(2)19-21/h5-10,16,20H,4,11-12H2,1-3H3/t16-/m1/s1. The fourth-order valence-electron chi connectivity index (χ4n) is 2.36. The highest BCUT2D eigenvalue weighted by atomic mass is 16.6. The Hall–Kier alpha value is -2.51. The quantitative estimate of drug-likeness (QED) is 0.583. The summed E-state index contributed by atoms with van der Waals surface area (Å²) in [6.45, 7) is 5.80. The maximum absolute atomic E-state index is 12.4. The summed E-state index contributed by atoms with van der Waals surface area (Å²) in [6, 6.07) is 10.4. The summed E-state index contributed by atoms with van der Waals surface area (Å²) >= 11 is 0. The maximum atomic E-state index is 12.4. The van der Waals surface area contributed by atoms with Gasteiger partial charge >= 0.3 is 5.97 Å². The first-order valence-electron chi connectivity index (χ1n) is 8.15. The molecule has 0 unspecified atom stereocenters. The van der Waals surface area contributed by atoms with Crippen LogP contribution in [0.3, 0.4) is 0 Å². The van der Waals surface area contributed by atoms with E-state index in [0.29, 0.717) is 0 Å². The third kappa shape index (κ3) is 5.51. The Kier molecular flexibility index (Phi) is 6.85. The first kappa shape index (κ1) is 18.8. The number of carbonyl (C=O) groups is 2. The van der Waals surface area contributed by atoms with Crippen molar-refractivity contribution in [3.05, 3.63) is 53.3 Å². The third-order valence-electron chi connectivity index (χ3n) is 3.50. The number of ether oxygens (including phenoxy) is 1. The predicted molar refractivity (Wildman–Crippen MR) is 91.7 cm³/mol. The molecule has 0 aliphatic rings. The van der Waals surface area contributed by atoms with Gasteiger partial charge in [0.25, 0.3) is 0 Å². The molecule has 0 aliphatic carbocycles. The molecule has 0 fully saturated rings. The minimum absolute atomic E-state index is 0.115. The number of aryl methyl sites for hydroxylation is 2. The van der Waals surface area contributed by atoms with Crippen LogP contribution in [0.5, 0.6) is 0 Å². The summed E-state index contributed by atoms with van der Waals surface area (Å²) in [5, 5.41) is 4.14. The number of esters is 1. The highest BCUT2D eigenvalue weighted by Gasteiger charge is 2.25. The van der Waals surface area contributed by atoms with Gasteiger partial charge in [0.1, 0.15) is 6.04 Å². The lowest BCUT2D eigenvalue weighted by atomic mass is 10.2. The van der Waals surface area contributed by atoms with Gasteiger partial charge in [-0.1, -0.05) is 30.3 Å². The summed E-state index contributed by atoms with van der Waals surface area (Å²) in [6.07, 6.45) is -0.115. The van der Waals surface area contributed by atoms with Crippen molar-refractivity contribution in [3.63, 3.8) is 0 Å². The molecule has 0 saturated heterocycles. The summed E-state index contributed by atoms with van der Waals surface area (Å²) in [5.41, 5.74) is 5.05. The van der Waals surface area contributed by atoms with Crippen LogP contribution < -0.4 is 5.48 Å². The second-order valence-corrected chi connectivity index (χ2v) is 5.63. The smallest absolute Gasteiger partial charge is 0.326 e. The van der Waals surface area contributed by atoms with Crippen molar-refractivity contribution in [2.45, 2.75) is 39.8 Å². The summed E-state index contributed by atoms with van der Waals surface area (Å²) in [5.74, 6) is -0.843. The zero-order valence-electron chi connectivity index (χ0n) is 14.7. The van der Waals surface area contributed by atoms with Gasteiger partial charge < -0.3 is 4.74 Å². The number of carbonyl (C=O) groups excluding carboxylic acids is 2. The fourth-order valence-corrected chi connectivity index (χ4v) is 2.36. The molecule has 7 nitrogen and oxygen atoms in total. The Bertz CT molecular complexity index is 712. The van der Waals surface area contributed by atoms with Crippen LogP contribution in [0.1, 0.15) is 35.1 Å². The van der Waals surface area contributed by atoms with E-state index in [1.54, 1.807) is 26.8 Å². The SMILES string of the molecule is CCOC(=O)[C@@H](CC(=O)n1nc(C)cc1C)NOCc1ccccc1. The van der Waals surface area contributed by atoms with Crippen molar-refractivity contribution in [2.24, 2.45) is 0 Å². The van der Waals surface area contributed by atoms with Gasteiger partial charge in [-0.05, 0) is 32.4 Å². The Morgan fingerprint density at radius 3 is 2.56 bits per heavy atom. The minimum Gasteiger partial charge on any atom is -0.465 e. The van der Waals surface area contributed by atoms with Crippen molar-refractivity contribution in [3.8, 4) is 0 Å². The summed E-state index contributed by atoms with van der Waals surface area (Å²) in [7, 11) is 0. The first-order chi connectivity index (χ1) is 12.0. The van der Waals surface area contributed by atoms with Crippen LogP contribution >= 0.6 is 0 Å². The van der Waals surface area contributed by atoms with E-state index in [9.17, 15) is 9.59 Å². The van der Waals surface area contributed by atoms with E-state index < -0.39 is 12.0 Å². The molecule has 2 aromatic rings. The number of nitrogens with zero attached hydrogens (tertiary/aromatic N) is 2. The third-order valence-corrected chi connectivity index (χ3v) is 3.50. The van der Waals surface area contributed by atoms with Gasteiger partial charge in [0, 0.05) is 5.69 Å². The Morgan fingerprint density at radius 2 is 1.96 bits per heavy atom. The zero-order chi connectivity index (χ0) is 18.2. The number of nitrogens with one attached hydrogen (secondary N) is 1.